The molecule has 0 saturated carbocycles. The number of rotatable bonds is 4. The number of aliphatic hydroxyl groups excluding tert-OH is 1. The Morgan fingerprint density at radius 3 is 2.72 bits per heavy atom. The SMILES string of the molecule is Cc1cc(O)c2c(c1)OC(C)(CCC1C(CO)=CCCC1(C)C)C=C2. The lowest BCUT2D eigenvalue weighted by atomic mass is 9.66. The van der Waals surface area contributed by atoms with Gasteiger partial charge in [-0.2, -0.15) is 0 Å². The molecule has 0 amide bonds. The number of aliphatic hydroxyl groups is 1. The van der Waals surface area contributed by atoms with Gasteiger partial charge in [0, 0.05) is 0 Å². The van der Waals surface area contributed by atoms with Gasteiger partial charge < -0.3 is 14.9 Å². The van der Waals surface area contributed by atoms with E-state index in [4.69, 9.17) is 4.74 Å². The van der Waals surface area contributed by atoms with E-state index in [0.717, 1.165) is 42.6 Å². The minimum atomic E-state index is -0.388. The van der Waals surface area contributed by atoms with Gasteiger partial charge in [-0.05, 0) is 86.3 Å². The minimum Gasteiger partial charge on any atom is -0.507 e. The van der Waals surface area contributed by atoms with Crippen molar-refractivity contribution < 1.29 is 14.9 Å². The van der Waals surface area contributed by atoms with E-state index in [1.807, 2.05) is 19.1 Å². The first kappa shape index (κ1) is 18.1. The first-order valence-corrected chi connectivity index (χ1v) is 9.26. The Morgan fingerprint density at radius 2 is 2.00 bits per heavy atom. The van der Waals surface area contributed by atoms with E-state index in [1.165, 1.54) is 5.57 Å². The van der Waals surface area contributed by atoms with Gasteiger partial charge in [-0.15, -0.1) is 0 Å². The van der Waals surface area contributed by atoms with Gasteiger partial charge in [0.1, 0.15) is 17.1 Å². The molecule has 2 atom stereocenters. The van der Waals surface area contributed by atoms with Gasteiger partial charge in [0.2, 0.25) is 0 Å². The molecule has 2 aliphatic rings. The number of phenols is 1. The van der Waals surface area contributed by atoms with Gasteiger partial charge in [-0.25, -0.2) is 0 Å². The van der Waals surface area contributed by atoms with E-state index < -0.39 is 0 Å². The minimum absolute atomic E-state index is 0.150. The van der Waals surface area contributed by atoms with E-state index in [-0.39, 0.29) is 23.4 Å². The van der Waals surface area contributed by atoms with Gasteiger partial charge in [-0.1, -0.05) is 19.9 Å². The maximum atomic E-state index is 10.1. The first-order valence-electron chi connectivity index (χ1n) is 9.26. The zero-order valence-corrected chi connectivity index (χ0v) is 15.8. The fraction of sp³-hybridized carbons (Fsp3) is 0.545. The summed E-state index contributed by atoms with van der Waals surface area (Å²) >= 11 is 0. The van der Waals surface area contributed by atoms with E-state index in [1.54, 1.807) is 6.07 Å². The zero-order valence-electron chi connectivity index (χ0n) is 15.8. The molecular formula is C22H30O3. The molecule has 3 rings (SSSR count). The van der Waals surface area contributed by atoms with Crippen LogP contribution in [-0.2, 0) is 0 Å². The van der Waals surface area contributed by atoms with Crippen molar-refractivity contribution in [2.75, 3.05) is 6.61 Å². The Labute approximate surface area is 151 Å². The molecule has 0 radical (unpaired) electrons. The molecule has 1 heterocycles. The summed E-state index contributed by atoms with van der Waals surface area (Å²) in [6, 6.07) is 3.75. The van der Waals surface area contributed by atoms with Crippen LogP contribution in [-0.4, -0.2) is 22.4 Å². The number of allylic oxidation sites excluding steroid dienone is 1. The number of fused-ring (bicyclic) bond motifs is 1. The highest BCUT2D eigenvalue weighted by Crippen LogP contribution is 2.45. The fourth-order valence-corrected chi connectivity index (χ4v) is 4.31. The number of aromatic hydroxyl groups is 1. The Balaban J connectivity index is 1.77. The zero-order chi connectivity index (χ0) is 18.2. The van der Waals surface area contributed by atoms with Crippen LogP contribution in [0.25, 0.3) is 6.08 Å². The molecule has 136 valence electrons. The van der Waals surface area contributed by atoms with Crippen molar-refractivity contribution >= 4 is 6.08 Å². The highest BCUT2D eigenvalue weighted by atomic mass is 16.5. The van der Waals surface area contributed by atoms with Crippen LogP contribution in [0.4, 0.5) is 0 Å². The van der Waals surface area contributed by atoms with Crippen LogP contribution < -0.4 is 4.74 Å². The highest BCUT2D eigenvalue weighted by molar-refractivity contribution is 5.67. The van der Waals surface area contributed by atoms with Gasteiger partial charge in [0.25, 0.3) is 0 Å². The van der Waals surface area contributed by atoms with E-state index in [0.29, 0.717) is 5.92 Å². The van der Waals surface area contributed by atoms with E-state index in [2.05, 4.69) is 32.9 Å². The molecule has 2 N–H and O–H groups in total. The number of ether oxygens (including phenoxy) is 1. The van der Waals surface area contributed by atoms with Crippen molar-refractivity contribution in [3.63, 3.8) is 0 Å². The van der Waals surface area contributed by atoms with Crippen molar-refractivity contribution in [2.24, 2.45) is 11.3 Å². The van der Waals surface area contributed by atoms with Crippen molar-refractivity contribution in [1.29, 1.82) is 0 Å². The normalized spacial score (nSPS) is 27.4. The molecule has 1 aliphatic heterocycles. The van der Waals surface area contributed by atoms with Crippen LogP contribution in [0.1, 0.15) is 57.6 Å². The molecule has 1 aromatic carbocycles. The highest BCUT2D eigenvalue weighted by Gasteiger charge is 2.37. The van der Waals surface area contributed by atoms with Crippen LogP contribution in [0, 0.1) is 18.3 Å². The van der Waals surface area contributed by atoms with Crippen LogP contribution in [0.2, 0.25) is 0 Å². The molecule has 0 spiro atoms. The molecule has 2 unspecified atom stereocenters. The molecule has 1 aliphatic carbocycles. The van der Waals surface area contributed by atoms with Crippen LogP contribution in [0.5, 0.6) is 11.5 Å². The van der Waals surface area contributed by atoms with Crippen LogP contribution in [0.3, 0.4) is 0 Å². The van der Waals surface area contributed by atoms with Gasteiger partial charge in [0.05, 0.1) is 12.2 Å². The Kier molecular flexibility index (Phi) is 4.72. The van der Waals surface area contributed by atoms with E-state index in [9.17, 15) is 10.2 Å². The maximum absolute atomic E-state index is 10.1. The molecule has 25 heavy (non-hydrogen) atoms. The predicted molar refractivity (Wildman–Crippen MR) is 102 cm³/mol. The molecule has 3 heteroatoms. The lowest BCUT2D eigenvalue weighted by Gasteiger charge is -2.41. The molecule has 0 bridgehead atoms. The van der Waals surface area contributed by atoms with Crippen molar-refractivity contribution in [3.8, 4) is 11.5 Å². The summed E-state index contributed by atoms with van der Waals surface area (Å²) in [7, 11) is 0. The second-order valence-corrected chi connectivity index (χ2v) is 8.50. The van der Waals surface area contributed by atoms with Gasteiger partial charge in [0.15, 0.2) is 0 Å². The Bertz CT molecular complexity index is 714. The van der Waals surface area contributed by atoms with Crippen molar-refractivity contribution in [3.05, 3.63) is 41.0 Å². The third kappa shape index (κ3) is 3.62. The van der Waals surface area contributed by atoms with Crippen LogP contribution in [0.15, 0.2) is 29.9 Å². The van der Waals surface area contributed by atoms with Crippen molar-refractivity contribution in [1.82, 2.24) is 0 Å². The van der Waals surface area contributed by atoms with Crippen LogP contribution >= 0.6 is 0 Å². The quantitative estimate of drug-likeness (QED) is 0.757. The smallest absolute Gasteiger partial charge is 0.131 e. The predicted octanol–water partition coefficient (Wildman–Crippen LogP) is 5.00. The van der Waals surface area contributed by atoms with Crippen molar-refractivity contribution in [2.45, 2.75) is 59.0 Å². The summed E-state index contributed by atoms with van der Waals surface area (Å²) in [6.45, 7) is 8.82. The summed E-state index contributed by atoms with van der Waals surface area (Å²) in [5.74, 6) is 1.41. The lowest BCUT2D eigenvalue weighted by molar-refractivity contribution is 0.0992. The van der Waals surface area contributed by atoms with Gasteiger partial charge >= 0.3 is 0 Å². The Hall–Kier alpha value is -1.74. The topological polar surface area (TPSA) is 49.7 Å². The standard InChI is InChI=1S/C22H30O3/c1-15-12-19(24)17-7-10-22(4,25-20(17)13-15)11-8-18-16(14-23)6-5-9-21(18,2)3/h6-7,10,12-13,18,23-24H,5,8-9,11,14H2,1-4H3. The number of phenolic OH excluding ortho intramolecular Hbond substituents is 1. The number of hydrogen-bond acceptors (Lipinski definition) is 3. The second kappa shape index (κ2) is 6.53. The van der Waals surface area contributed by atoms with Gasteiger partial charge in [-0.3, -0.25) is 0 Å². The summed E-state index contributed by atoms with van der Waals surface area (Å²) in [5.41, 5.74) is 2.74. The molecule has 0 aromatic heterocycles. The van der Waals surface area contributed by atoms with E-state index >= 15 is 0 Å². The molecular weight excluding hydrogens is 312 g/mol. The first-order chi connectivity index (χ1) is 11.7. The largest absolute Gasteiger partial charge is 0.507 e. The monoisotopic (exact) mass is 342 g/mol. The number of benzene rings is 1. The average molecular weight is 342 g/mol. The lowest BCUT2D eigenvalue weighted by Crippen LogP contribution is -2.36. The third-order valence-electron chi connectivity index (χ3n) is 5.91. The third-order valence-corrected chi connectivity index (χ3v) is 5.91. The Morgan fingerprint density at radius 1 is 1.24 bits per heavy atom. The molecule has 0 saturated heterocycles. The number of aryl methyl sites for hydroxylation is 1. The molecule has 3 nitrogen and oxygen atoms in total. The summed E-state index contributed by atoms with van der Waals surface area (Å²) in [5, 5.41) is 19.9. The second-order valence-electron chi connectivity index (χ2n) is 8.50. The molecule has 1 aromatic rings. The maximum Gasteiger partial charge on any atom is 0.131 e. The number of hydrogen-bond donors (Lipinski definition) is 2. The molecule has 0 fully saturated rings. The average Bonchev–Trinajstić information content (AvgIpc) is 2.52. The summed E-state index contributed by atoms with van der Waals surface area (Å²) < 4.78 is 6.28. The summed E-state index contributed by atoms with van der Waals surface area (Å²) in [6.07, 6.45) is 10.3. The fourth-order valence-electron chi connectivity index (χ4n) is 4.31. The summed E-state index contributed by atoms with van der Waals surface area (Å²) in [4.78, 5) is 0.